The van der Waals surface area contributed by atoms with Gasteiger partial charge in [0, 0.05) is 32.5 Å². The van der Waals surface area contributed by atoms with Gasteiger partial charge < -0.3 is 0 Å². The van der Waals surface area contributed by atoms with Crippen molar-refractivity contribution < 1.29 is 0 Å². The molecule has 0 saturated carbocycles. The van der Waals surface area contributed by atoms with Gasteiger partial charge in [0.15, 0.2) is 5.82 Å². The van der Waals surface area contributed by atoms with Crippen molar-refractivity contribution in [2.24, 2.45) is 0 Å². The van der Waals surface area contributed by atoms with E-state index in [2.05, 4.69) is 211 Å². The summed E-state index contributed by atoms with van der Waals surface area (Å²) in [6.07, 6.45) is 0. The van der Waals surface area contributed by atoms with Gasteiger partial charge in [-0.25, -0.2) is 0 Å². The third-order valence-electron chi connectivity index (χ3n) is 12.5. The van der Waals surface area contributed by atoms with Crippen molar-refractivity contribution in [3.05, 3.63) is 199 Å². The SMILES string of the molecule is CC1(C)c2ccccc2-c2c(-c3ccc(-c4ccc(-c5nc(-n6c7ccccc7c7ccccc76)nc(-n6c7ccccc7c7ccccc76)n5)cc4)cc3)cccc21. The minimum Gasteiger partial charge on any atom is -0.278 e. The number of benzene rings is 8. The molecule has 0 amide bonds. The Morgan fingerprint density at radius 3 is 1.24 bits per heavy atom. The van der Waals surface area contributed by atoms with Gasteiger partial charge in [-0.1, -0.05) is 178 Å². The van der Waals surface area contributed by atoms with E-state index < -0.39 is 0 Å². The Bertz CT molecular complexity index is 3220. The van der Waals surface area contributed by atoms with Gasteiger partial charge in [0.1, 0.15) is 0 Å². The molecule has 0 unspecified atom stereocenters. The van der Waals surface area contributed by atoms with E-state index in [1.54, 1.807) is 0 Å². The van der Waals surface area contributed by atoms with Crippen molar-refractivity contribution in [2.45, 2.75) is 19.3 Å². The van der Waals surface area contributed by atoms with Crippen LogP contribution < -0.4 is 0 Å². The Hall–Kier alpha value is -7.63. The van der Waals surface area contributed by atoms with Crippen LogP contribution in [0.1, 0.15) is 25.0 Å². The number of rotatable bonds is 5. The van der Waals surface area contributed by atoms with Crippen LogP contribution >= 0.6 is 0 Å². The van der Waals surface area contributed by atoms with Gasteiger partial charge in [-0.15, -0.1) is 0 Å². The molecule has 0 radical (unpaired) electrons. The molecule has 0 atom stereocenters. The zero-order valence-corrected chi connectivity index (χ0v) is 32.6. The van der Waals surface area contributed by atoms with Crippen LogP contribution in [0.15, 0.2) is 188 Å². The normalized spacial score (nSPS) is 13.1. The summed E-state index contributed by atoms with van der Waals surface area (Å²) >= 11 is 0. The fourth-order valence-corrected chi connectivity index (χ4v) is 9.61. The average Bonchev–Trinajstić information content (AvgIpc) is 3.90. The summed E-state index contributed by atoms with van der Waals surface area (Å²) in [6.45, 7) is 4.67. The standard InChI is InChI=1S/C54H37N5/c1-54(2)44-20-8-3-18-43(44)50-38(19-13-21-45(50)54)36-30-26-34(27-31-36)35-28-32-37(33-29-35)51-55-52(58-46-22-9-4-14-39(46)40-15-5-10-23-47(40)58)57-53(56-51)59-48-24-11-6-16-41(48)42-17-7-12-25-49(42)59/h3-33H,1-2H3. The van der Waals surface area contributed by atoms with Gasteiger partial charge in [-0.05, 0) is 68.8 Å². The summed E-state index contributed by atoms with van der Waals surface area (Å²) < 4.78 is 4.34. The minimum absolute atomic E-state index is 0.0312. The molecule has 0 fully saturated rings. The molecule has 0 N–H and O–H groups in total. The molecule has 1 aliphatic rings. The van der Waals surface area contributed by atoms with E-state index in [0.29, 0.717) is 17.7 Å². The quantitative estimate of drug-likeness (QED) is 0.176. The van der Waals surface area contributed by atoms with E-state index in [0.717, 1.165) is 60.3 Å². The minimum atomic E-state index is -0.0312. The zero-order chi connectivity index (χ0) is 39.2. The lowest BCUT2D eigenvalue weighted by Crippen LogP contribution is -2.14. The summed E-state index contributed by atoms with van der Waals surface area (Å²) in [6, 6.07) is 67.1. The van der Waals surface area contributed by atoms with Gasteiger partial charge in [-0.3, -0.25) is 9.13 Å². The number of hydrogen-bond donors (Lipinski definition) is 0. The predicted octanol–water partition coefficient (Wildman–Crippen LogP) is 13.4. The van der Waals surface area contributed by atoms with Gasteiger partial charge in [0.2, 0.25) is 11.9 Å². The van der Waals surface area contributed by atoms with E-state index in [4.69, 9.17) is 15.0 Å². The summed E-state index contributed by atoms with van der Waals surface area (Å²) in [4.78, 5) is 15.8. The number of aromatic nitrogens is 5. The molecule has 1 aliphatic carbocycles. The van der Waals surface area contributed by atoms with Gasteiger partial charge in [0.25, 0.3) is 0 Å². The van der Waals surface area contributed by atoms with Crippen LogP contribution in [0.25, 0.3) is 100 Å². The number of para-hydroxylation sites is 4. The van der Waals surface area contributed by atoms with Crippen molar-refractivity contribution in [3.8, 4) is 56.7 Å². The topological polar surface area (TPSA) is 48.5 Å². The predicted molar refractivity (Wildman–Crippen MR) is 242 cm³/mol. The fraction of sp³-hybridized carbons (Fsp3) is 0.0556. The van der Waals surface area contributed by atoms with E-state index in [1.807, 2.05) is 0 Å². The highest BCUT2D eigenvalue weighted by molar-refractivity contribution is 6.10. The van der Waals surface area contributed by atoms with Crippen LogP contribution in [-0.2, 0) is 5.41 Å². The van der Waals surface area contributed by atoms with Gasteiger partial charge >= 0.3 is 0 Å². The summed E-state index contributed by atoms with van der Waals surface area (Å²) in [5.41, 5.74) is 15.3. The summed E-state index contributed by atoms with van der Waals surface area (Å²) in [5.74, 6) is 1.75. The van der Waals surface area contributed by atoms with Crippen molar-refractivity contribution in [1.82, 2.24) is 24.1 Å². The smallest absolute Gasteiger partial charge is 0.240 e. The molecule has 3 heterocycles. The molecule has 59 heavy (non-hydrogen) atoms. The van der Waals surface area contributed by atoms with Crippen LogP contribution in [0.2, 0.25) is 0 Å². The van der Waals surface area contributed by atoms with Crippen molar-refractivity contribution >= 4 is 43.6 Å². The zero-order valence-electron chi connectivity index (χ0n) is 32.6. The maximum absolute atomic E-state index is 5.29. The molecule has 3 aromatic heterocycles. The van der Waals surface area contributed by atoms with Crippen LogP contribution in [-0.4, -0.2) is 24.1 Å². The molecule has 0 bridgehead atoms. The molecule has 0 saturated heterocycles. The van der Waals surface area contributed by atoms with Gasteiger partial charge in [0.05, 0.1) is 22.1 Å². The number of hydrogen-bond acceptors (Lipinski definition) is 3. The Balaban J connectivity index is 0.979. The first-order chi connectivity index (χ1) is 29.0. The summed E-state index contributed by atoms with van der Waals surface area (Å²) in [5, 5.41) is 4.63. The monoisotopic (exact) mass is 755 g/mol. The molecule has 278 valence electrons. The highest BCUT2D eigenvalue weighted by Crippen LogP contribution is 2.52. The lowest BCUT2D eigenvalue weighted by molar-refractivity contribution is 0.660. The first kappa shape index (κ1) is 33.5. The number of nitrogens with zero attached hydrogens (tertiary/aromatic N) is 5. The molecule has 8 aromatic carbocycles. The van der Waals surface area contributed by atoms with E-state index in [-0.39, 0.29) is 5.41 Å². The second-order valence-electron chi connectivity index (χ2n) is 16.1. The maximum Gasteiger partial charge on any atom is 0.240 e. The fourth-order valence-electron chi connectivity index (χ4n) is 9.61. The second kappa shape index (κ2) is 12.7. The van der Waals surface area contributed by atoms with Crippen molar-refractivity contribution in [2.75, 3.05) is 0 Å². The maximum atomic E-state index is 5.29. The molecular weight excluding hydrogens is 719 g/mol. The van der Waals surface area contributed by atoms with E-state index >= 15 is 0 Å². The Kier molecular flexibility index (Phi) is 7.20. The molecule has 0 spiro atoms. The third kappa shape index (κ3) is 5.01. The molecular formula is C54H37N5. The van der Waals surface area contributed by atoms with E-state index in [9.17, 15) is 0 Å². The Labute approximate surface area is 341 Å². The van der Waals surface area contributed by atoms with Crippen LogP contribution in [0.3, 0.4) is 0 Å². The Morgan fingerprint density at radius 1 is 0.339 bits per heavy atom. The molecule has 5 nitrogen and oxygen atoms in total. The average molecular weight is 756 g/mol. The van der Waals surface area contributed by atoms with Crippen molar-refractivity contribution in [1.29, 1.82) is 0 Å². The highest BCUT2D eigenvalue weighted by Gasteiger charge is 2.36. The van der Waals surface area contributed by atoms with Crippen molar-refractivity contribution in [3.63, 3.8) is 0 Å². The van der Waals surface area contributed by atoms with Crippen LogP contribution in [0.4, 0.5) is 0 Å². The third-order valence-corrected chi connectivity index (χ3v) is 12.5. The Morgan fingerprint density at radius 2 is 0.729 bits per heavy atom. The molecule has 5 heteroatoms. The summed E-state index contributed by atoms with van der Waals surface area (Å²) in [7, 11) is 0. The highest BCUT2D eigenvalue weighted by atomic mass is 15.3. The second-order valence-corrected chi connectivity index (χ2v) is 16.1. The molecule has 11 aromatic rings. The van der Waals surface area contributed by atoms with E-state index in [1.165, 1.54) is 33.4 Å². The molecule has 12 rings (SSSR count). The largest absolute Gasteiger partial charge is 0.278 e. The lowest BCUT2D eigenvalue weighted by atomic mass is 9.82. The first-order valence-electron chi connectivity index (χ1n) is 20.2. The number of fused-ring (bicyclic) bond motifs is 9. The van der Waals surface area contributed by atoms with Gasteiger partial charge in [-0.2, -0.15) is 15.0 Å². The first-order valence-corrected chi connectivity index (χ1v) is 20.2. The lowest BCUT2D eigenvalue weighted by Gasteiger charge is -2.21. The van der Waals surface area contributed by atoms with Crippen LogP contribution in [0.5, 0.6) is 0 Å². The van der Waals surface area contributed by atoms with Crippen LogP contribution in [0, 0.1) is 0 Å². The molecule has 0 aliphatic heterocycles.